The second-order valence-electron chi connectivity index (χ2n) is 7.52. The van der Waals surface area contributed by atoms with Crippen molar-refractivity contribution in [3.8, 4) is 17.2 Å². The molecule has 1 fully saturated rings. The molecule has 2 aliphatic rings. The molecule has 28 heavy (non-hydrogen) atoms. The lowest BCUT2D eigenvalue weighted by Gasteiger charge is -2.38. The fraction of sp³-hybridized carbons (Fsp3) is 0.348. The van der Waals surface area contributed by atoms with Crippen LogP contribution in [0.4, 0.5) is 0 Å². The van der Waals surface area contributed by atoms with E-state index in [0.29, 0.717) is 29.5 Å². The van der Waals surface area contributed by atoms with Crippen LogP contribution >= 0.6 is 0 Å². The van der Waals surface area contributed by atoms with Crippen molar-refractivity contribution in [1.82, 2.24) is 4.90 Å². The molecule has 2 aromatic rings. The van der Waals surface area contributed by atoms with E-state index in [1.165, 1.54) is 18.6 Å². The minimum atomic E-state index is -0.0721. The number of allylic oxidation sites excluding steroid dienone is 2. The molecule has 1 aliphatic heterocycles. The number of nitrogens with zero attached hydrogens (tertiary/aromatic N) is 1. The number of hydrogen-bond donors (Lipinski definition) is 2. The Morgan fingerprint density at radius 2 is 1.89 bits per heavy atom. The number of carbonyl (C=O) groups is 1. The van der Waals surface area contributed by atoms with Crippen molar-refractivity contribution in [2.75, 3.05) is 6.54 Å². The van der Waals surface area contributed by atoms with Crippen molar-refractivity contribution in [2.24, 2.45) is 11.7 Å². The zero-order valence-electron chi connectivity index (χ0n) is 15.9. The van der Waals surface area contributed by atoms with Gasteiger partial charge in [-0.05, 0) is 67.9 Å². The summed E-state index contributed by atoms with van der Waals surface area (Å²) >= 11 is 0. The maximum absolute atomic E-state index is 13.2. The number of rotatable bonds is 4. The van der Waals surface area contributed by atoms with Crippen LogP contribution in [0.3, 0.4) is 0 Å². The third kappa shape index (κ3) is 3.90. The van der Waals surface area contributed by atoms with Gasteiger partial charge in [-0.1, -0.05) is 18.2 Å². The Morgan fingerprint density at radius 1 is 1.11 bits per heavy atom. The van der Waals surface area contributed by atoms with Crippen molar-refractivity contribution >= 4 is 5.91 Å². The Morgan fingerprint density at radius 3 is 2.68 bits per heavy atom. The fourth-order valence-corrected chi connectivity index (χ4v) is 4.15. The van der Waals surface area contributed by atoms with Crippen molar-refractivity contribution in [3.63, 3.8) is 0 Å². The van der Waals surface area contributed by atoms with E-state index in [0.717, 1.165) is 43.5 Å². The summed E-state index contributed by atoms with van der Waals surface area (Å²) in [6.45, 7) is 1.20. The van der Waals surface area contributed by atoms with Gasteiger partial charge in [-0.2, -0.15) is 0 Å². The Bertz CT molecular complexity index is 889. The highest BCUT2D eigenvalue weighted by Crippen LogP contribution is 2.36. The van der Waals surface area contributed by atoms with Gasteiger partial charge in [0.2, 0.25) is 0 Å². The van der Waals surface area contributed by atoms with Gasteiger partial charge < -0.3 is 20.5 Å². The van der Waals surface area contributed by atoms with E-state index in [4.69, 9.17) is 10.5 Å². The summed E-state index contributed by atoms with van der Waals surface area (Å²) in [6.07, 6.45) is 7.77. The summed E-state index contributed by atoms with van der Waals surface area (Å²) in [5.74, 6) is 1.51. The van der Waals surface area contributed by atoms with Gasteiger partial charge >= 0.3 is 0 Å². The molecular weight excluding hydrogens is 352 g/mol. The number of fused-ring (bicyclic) bond motifs is 1. The third-order valence-corrected chi connectivity index (χ3v) is 5.55. The van der Waals surface area contributed by atoms with Gasteiger partial charge in [0, 0.05) is 30.4 Å². The second-order valence-corrected chi connectivity index (χ2v) is 7.52. The molecule has 0 saturated carbocycles. The molecule has 1 atom stereocenters. The third-order valence-electron chi connectivity index (χ3n) is 5.55. The maximum Gasteiger partial charge on any atom is 0.258 e. The molecule has 5 heteroatoms. The molecule has 1 amide bonds. The topological polar surface area (TPSA) is 75.8 Å². The van der Waals surface area contributed by atoms with Crippen LogP contribution in [0, 0.1) is 5.92 Å². The number of nitrogens with two attached hydrogens (primary N) is 1. The number of benzene rings is 2. The molecule has 1 unspecified atom stereocenters. The molecule has 4 rings (SSSR count). The standard InChI is InChI=1S/C23H26N2O3/c24-15-16-7-9-20(10-8-16)28-21-13-18(12-19(26)14-21)23(27)25-11-3-5-17-4-1-2-6-22(17)25/h6-10,12-14,17,26H,1-5,11,15,24H2. The van der Waals surface area contributed by atoms with E-state index in [2.05, 4.69) is 6.08 Å². The molecule has 5 nitrogen and oxygen atoms in total. The summed E-state index contributed by atoms with van der Waals surface area (Å²) in [4.78, 5) is 15.1. The largest absolute Gasteiger partial charge is 0.508 e. The van der Waals surface area contributed by atoms with Gasteiger partial charge in [-0.25, -0.2) is 0 Å². The Kier molecular flexibility index (Phi) is 5.35. The zero-order valence-corrected chi connectivity index (χ0v) is 15.9. The average molecular weight is 378 g/mol. The number of piperidine rings is 1. The molecule has 0 aromatic heterocycles. The highest BCUT2D eigenvalue weighted by molar-refractivity contribution is 5.96. The van der Waals surface area contributed by atoms with Crippen LogP contribution in [0.5, 0.6) is 17.2 Å². The zero-order chi connectivity index (χ0) is 19.5. The first-order valence-electron chi connectivity index (χ1n) is 9.97. The first kappa shape index (κ1) is 18.6. The summed E-state index contributed by atoms with van der Waals surface area (Å²) in [6, 6.07) is 12.2. The Labute approximate surface area is 165 Å². The van der Waals surface area contributed by atoms with Gasteiger partial charge in [-0.3, -0.25) is 4.79 Å². The molecule has 1 heterocycles. The molecule has 146 valence electrons. The van der Waals surface area contributed by atoms with Crippen LogP contribution in [0.15, 0.2) is 54.2 Å². The molecule has 1 saturated heterocycles. The van der Waals surface area contributed by atoms with Crippen molar-refractivity contribution in [1.29, 1.82) is 0 Å². The van der Waals surface area contributed by atoms with E-state index in [-0.39, 0.29) is 11.7 Å². The Hall–Kier alpha value is -2.79. The lowest BCUT2D eigenvalue weighted by atomic mass is 9.84. The number of hydrogen-bond acceptors (Lipinski definition) is 4. The van der Waals surface area contributed by atoms with Crippen LogP contribution in [0.2, 0.25) is 0 Å². The minimum Gasteiger partial charge on any atom is -0.508 e. The maximum atomic E-state index is 13.2. The van der Waals surface area contributed by atoms with Gasteiger partial charge in [0.1, 0.15) is 17.2 Å². The molecule has 0 bridgehead atoms. The number of likely N-dealkylation sites (tertiary alicyclic amines) is 1. The number of carbonyl (C=O) groups excluding carboxylic acids is 1. The monoisotopic (exact) mass is 378 g/mol. The van der Waals surface area contributed by atoms with Gasteiger partial charge in [0.25, 0.3) is 5.91 Å². The van der Waals surface area contributed by atoms with E-state index in [1.807, 2.05) is 29.2 Å². The van der Waals surface area contributed by atoms with Crippen molar-refractivity contribution in [2.45, 2.75) is 38.6 Å². The van der Waals surface area contributed by atoms with E-state index >= 15 is 0 Å². The lowest BCUT2D eigenvalue weighted by molar-refractivity contribution is 0.0748. The van der Waals surface area contributed by atoms with Gasteiger partial charge in [0.15, 0.2) is 0 Å². The van der Waals surface area contributed by atoms with Gasteiger partial charge in [0.05, 0.1) is 0 Å². The molecule has 0 radical (unpaired) electrons. The second kappa shape index (κ2) is 8.07. The van der Waals surface area contributed by atoms with E-state index in [1.54, 1.807) is 6.07 Å². The number of phenols is 1. The van der Waals surface area contributed by atoms with E-state index < -0.39 is 0 Å². The normalized spacial score (nSPS) is 19.0. The molecular formula is C23H26N2O3. The van der Waals surface area contributed by atoms with Crippen LogP contribution in [0.25, 0.3) is 0 Å². The predicted molar refractivity (Wildman–Crippen MR) is 108 cm³/mol. The predicted octanol–water partition coefficient (Wildman–Crippen LogP) is 4.56. The lowest BCUT2D eigenvalue weighted by Crippen LogP contribution is -2.38. The summed E-state index contributed by atoms with van der Waals surface area (Å²) in [5, 5.41) is 10.2. The van der Waals surface area contributed by atoms with Crippen LogP contribution in [-0.4, -0.2) is 22.5 Å². The highest BCUT2D eigenvalue weighted by atomic mass is 16.5. The van der Waals surface area contributed by atoms with Crippen LogP contribution in [0.1, 0.15) is 48.0 Å². The van der Waals surface area contributed by atoms with Crippen molar-refractivity contribution < 1.29 is 14.6 Å². The van der Waals surface area contributed by atoms with Crippen molar-refractivity contribution in [3.05, 3.63) is 65.4 Å². The number of aromatic hydroxyl groups is 1. The average Bonchev–Trinajstić information content (AvgIpc) is 2.73. The fourth-order valence-electron chi connectivity index (χ4n) is 4.15. The molecule has 2 aromatic carbocycles. The number of amides is 1. The smallest absolute Gasteiger partial charge is 0.258 e. The summed E-state index contributed by atoms with van der Waals surface area (Å²) < 4.78 is 5.86. The SMILES string of the molecule is NCc1ccc(Oc2cc(O)cc(C(=O)N3CCCC4CCCC=C43)c2)cc1. The first-order chi connectivity index (χ1) is 13.6. The number of phenolic OH excluding ortho intramolecular Hbond substituents is 1. The van der Waals surface area contributed by atoms with Crippen LogP contribution in [-0.2, 0) is 6.54 Å². The first-order valence-corrected chi connectivity index (χ1v) is 9.97. The Balaban J connectivity index is 1.57. The highest BCUT2D eigenvalue weighted by Gasteiger charge is 2.31. The van der Waals surface area contributed by atoms with Gasteiger partial charge in [-0.15, -0.1) is 0 Å². The summed E-state index contributed by atoms with van der Waals surface area (Å²) in [7, 11) is 0. The molecule has 3 N–H and O–H groups in total. The minimum absolute atomic E-state index is 0.0191. The van der Waals surface area contributed by atoms with Crippen LogP contribution < -0.4 is 10.5 Å². The number of ether oxygens (including phenoxy) is 1. The summed E-state index contributed by atoms with van der Waals surface area (Å²) in [5.41, 5.74) is 8.24. The quantitative estimate of drug-likeness (QED) is 0.817. The molecule has 0 spiro atoms. The van der Waals surface area contributed by atoms with E-state index in [9.17, 15) is 9.90 Å². The molecule has 1 aliphatic carbocycles.